The van der Waals surface area contributed by atoms with Crippen molar-refractivity contribution in [3.05, 3.63) is 64.3 Å². The lowest BCUT2D eigenvalue weighted by Crippen LogP contribution is -2.25. The number of carbonyl (C=O) groups is 1. The van der Waals surface area contributed by atoms with Gasteiger partial charge in [0.05, 0.1) is 16.3 Å². The minimum atomic E-state index is -1.11. The van der Waals surface area contributed by atoms with E-state index in [1.165, 1.54) is 17.7 Å². The van der Waals surface area contributed by atoms with Gasteiger partial charge in [-0.2, -0.15) is 10.2 Å². The van der Waals surface area contributed by atoms with Gasteiger partial charge in [-0.05, 0) is 48.3 Å². The summed E-state index contributed by atoms with van der Waals surface area (Å²) >= 11 is 11.2. The van der Waals surface area contributed by atoms with E-state index in [2.05, 4.69) is 41.7 Å². The van der Waals surface area contributed by atoms with Gasteiger partial charge in [-0.1, -0.05) is 56.6 Å². The van der Waals surface area contributed by atoms with E-state index in [-0.39, 0.29) is 26.9 Å². The zero-order chi connectivity index (χ0) is 25.2. The number of halogens is 1. The molecule has 1 heterocycles. The van der Waals surface area contributed by atoms with Gasteiger partial charge in [0.2, 0.25) is 0 Å². The first kappa shape index (κ1) is 25.2. The van der Waals surface area contributed by atoms with Crippen LogP contribution in [0.25, 0.3) is 11.3 Å². The molecule has 0 aliphatic heterocycles. The van der Waals surface area contributed by atoms with Gasteiger partial charge in [-0.15, -0.1) is 0 Å². The number of nitrogens with one attached hydrogen (secondary N) is 2. The van der Waals surface area contributed by atoms with Crippen molar-refractivity contribution in [2.24, 2.45) is 12.1 Å². The van der Waals surface area contributed by atoms with Crippen molar-refractivity contribution in [3.8, 4) is 17.0 Å². The topological polar surface area (TPSA) is 112 Å². The molecule has 34 heavy (non-hydrogen) atoms. The number of aromatic hydroxyl groups is 1. The Bertz CT molecular complexity index is 1280. The minimum absolute atomic E-state index is 0.00515. The van der Waals surface area contributed by atoms with Crippen LogP contribution in [0.5, 0.6) is 5.75 Å². The SMILES string of the molecule is C/C(=N/NC(=S)Nc1ccc(C(=O)O)c(Cl)c1)c1nn(C)c(-c2ccc(C(C)(C)C)cc2)c1O. The Morgan fingerprint density at radius 1 is 1.18 bits per heavy atom. The van der Waals surface area contributed by atoms with Crippen LogP contribution in [0.4, 0.5) is 5.69 Å². The fraction of sp³-hybridized carbons (Fsp3) is 0.250. The van der Waals surface area contributed by atoms with Crippen LogP contribution in [0.1, 0.15) is 49.3 Å². The van der Waals surface area contributed by atoms with Crippen molar-refractivity contribution in [1.82, 2.24) is 15.2 Å². The molecular formula is C24H26ClN5O3S. The Balaban J connectivity index is 1.75. The third-order valence-corrected chi connectivity index (χ3v) is 5.68. The van der Waals surface area contributed by atoms with Crippen LogP contribution in [0.3, 0.4) is 0 Å². The number of hydrogen-bond donors (Lipinski definition) is 4. The van der Waals surface area contributed by atoms with Crippen LogP contribution in [0, 0.1) is 0 Å². The highest BCUT2D eigenvalue weighted by Gasteiger charge is 2.20. The summed E-state index contributed by atoms with van der Waals surface area (Å²) in [4.78, 5) is 11.1. The predicted octanol–water partition coefficient (Wildman–Crippen LogP) is 5.15. The number of aromatic nitrogens is 2. The Morgan fingerprint density at radius 3 is 2.38 bits per heavy atom. The summed E-state index contributed by atoms with van der Waals surface area (Å²) in [6.45, 7) is 8.14. The molecule has 0 spiro atoms. The number of thiocarbonyl (C=S) groups is 1. The fourth-order valence-corrected chi connectivity index (χ4v) is 3.75. The van der Waals surface area contributed by atoms with Crippen molar-refractivity contribution < 1.29 is 15.0 Å². The standard InChI is InChI=1S/C24H26ClN5O3S/c1-13(27-28-23(34)26-16-10-11-17(22(32)33)18(25)12-16)19-21(31)20(30(5)29-19)14-6-8-15(9-7-14)24(2,3)4/h6-12,31H,1-5H3,(H,32,33)(H2,26,28,34)/b27-13-. The summed E-state index contributed by atoms with van der Waals surface area (Å²) in [6, 6.07) is 12.4. The molecule has 1 aromatic heterocycles. The lowest BCUT2D eigenvalue weighted by Gasteiger charge is -2.19. The smallest absolute Gasteiger partial charge is 0.337 e. The second kappa shape index (κ2) is 9.82. The summed E-state index contributed by atoms with van der Waals surface area (Å²) < 4.78 is 1.61. The van der Waals surface area contributed by atoms with E-state index in [1.54, 1.807) is 24.7 Å². The third kappa shape index (κ3) is 5.55. The molecule has 0 atom stereocenters. The molecule has 0 unspecified atom stereocenters. The summed E-state index contributed by atoms with van der Waals surface area (Å²) in [5.74, 6) is -1.10. The molecule has 2 aromatic carbocycles. The van der Waals surface area contributed by atoms with Gasteiger partial charge in [-0.25, -0.2) is 4.79 Å². The average Bonchev–Trinajstić information content (AvgIpc) is 3.05. The monoisotopic (exact) mass is 499 g/mol. The quantitative estimate of drug-likeness (QED) is 0.218. The summed E-state index contributed by atoms with van der Waals surface area (Å²) in [7, 11) is 1.76. The Morgan fingerprint density at radius 2 is 1.82 bits per heavy atom. The molecule has 4 N–H and O–H groups in total. The van der Waals surface area contributed by atoms with E-state index < -0.39 is 5.97 Å². The fourth-order valence-electron chi connectivity index (χ4n) is 3.32. The number of benzene rings is 2. The molecule has 0 saturated heterocycles. The molecule has 0 fully saturated rings. The van der Waals surface area contributed by atoms with Gasteiger partial charge in [0.1, 0.15) is 5.69 Å². The molecule has 3 rings (SSSR count). The molecule has 0 aliphatic carbocycles. The zero-order valence-electron chi connectivity index (χ0n) is 19.5. The normalized spacial score (nSPS) is 11.9. The number of aromatic carboxylic acids is 1. The van der Waals surface area contributed by atoms with E-state index in [0.29, 0.717) is 22.8 Å². The van der Waals surface area contributed by atoms with Gasteiger partial charge in [0.15, 0.2) is 16.6 Å². The number of carboxylic acids is 1. The summed E-state index contributed by atoms with van der Waals surface area (Å²) in [6.07, 6.45) is 0. The maximum absolute atomic E-state index is 11.1. The molecule has 0 amide bonds. The lowest BCUT2D eigenvalue weighted by atomic mass is 9.86. The average molecular weight is 500 g/mol. The molecule has 0 radical (unpaired) electrons. The number of aryl methyl sites for hydroxylation is 1. The van der Waals surface area contributed by atoms with Gasteiger partial charge in [-0.3, -0.25) is 10.1 Å². The molecule has 178 valence electrons. The van der Waals surface area contributed by atoms with Crippen LogP contribution in [0.2, 0.25) is 5.02 Å². The number of anilines is 1. The number of nitrogens with zero attached hydrogens (tertiary/aromatic N) is 3. The van der Waals surface area contributed by atoms with Crippen LogP contribution in [0.15, 0.2) is 47.6 Å². The Kier molecular flexibility index (Phi) is 7.28. The van der Waals surface area contributed by atoms with E-state index in [9.17, 15) is 9.90 Å². The van der Waals surface area contributed by atoms with E-state index in [0.717, 1.165) is 5.56 Å². The molecule has 10 heteroatoms. The number of carboxylic acid groups (broad SMARTS) is 1. The molecule has 0 saturated carbocycles. The van der Waals surface area contributed by atoms with Crippen molar-refractivity contribution in [2.45, 2.75) is 33.1 Å². The molecule has 3 aromatic rings. The van der Waals surface area contributed by atoms with Crippen molar-refractivity contribution >= 4 is 46.3 Å². The summed E-state index contributed by atoms with van der Waals surface area (Å²) in [5, 5.41) is 31.7. The number of rotatable bonds is 5. The molecule has 0 bridgehead atoms. The molecule has 0 aliphatic rings. The van der Waals surface area contributed by atoms with Gasteiger partial charge >= 0.3 is 5.97 Å². The van der Waals surface area contributed by atoms with Gasteiger partial charge in [0, 0.05) is 18.3 Å². The summed E-state index contributed by atoms with van der Waals surface area (Å²) in [5.41, 5.74) is 6.58. The molecule has 8 nitrogen and oxygen atoms in total. The zero-order valence-corrected chi connectivity index (χ0v) is 21.0. The van der Waals surface area contributed by atoms with Crippen molar-refractivity contribution in [1.29, 1.82) is 0 Å². The largest absolute Gasteiger partial charge is 0.504 e. The van der Waals surface area contributed by atoms with Crippen LogP contribution < -0.4 is 10.7 Å². The van der Waals surface area contributed by atoms with Crippen molar-refractivity contribution in [2.75, 3.05) is 5.32 Å². The second-order valence-electron chi connectivity index (χ2n) is 8.76. The Hall–Kier alpha value is -3.43. The number of hydrogen-bond acceptors (Lipinski definition) is 5. The highest BCUT2D eigenvalue weighted by atomic mass is 35.5. The lowest BCUT2D eigenvalue weighted by molar-refractivity contribution is 0.0697. The van der Waals surface area contributed by atoms with Gasteiger partial charge in [0.25, 0.3) is 0 Å². The minimum Gasteiger partial charge on any atom is -0.504 e. The van der Waals surface area contributed by atoms with E-state index >= 15 is 0 Å². The van der Waals surface area contributed by atoms with Crippen LogP contribution >= 0.6 is 23.8 Å². The third-order valence-electron chi connectivity index (χ3n) is 5.17. The first-order valence-electron chi connectivity index (χ1n) is 10.4. The molecular weight excluding hydrogens is 474 g/mol. The first-order valence-corrected chi connectivity index (χ1v) is 11.2. The van der Waals surface area contributed by atoms with Crippen LogP contribution in [-0.4, -0.2) is 36.8 Å². The first-order chi connectivity index (χ1) is 15.9. The highest BCUT2D eigenvalue weighted by Crippen LogP contribution is 2.33. The number of hydrazone groups is 1. The predicted molar refractivity (Wildman–Crippen MR) is 139 cm³/mol. The van der Waals surface area contributed by atoms with Gasteiger partial charge < -0.3 is 15.5 Å². The maximum Gasteiger partial charge on any atom is 0.337 e. The Labute approximate surface area is 208 Å². The maximum atomic E-state index is 11.1. The van der Waals surface area contributed by atoms with Crippen LogP contribution in [-0.2, 0) is 12.5 Å². The second-order valence-corrected chi connectivity index (χ2v) is 9.58. The van der Waals surface area contributed by atoms with Crippen molar-refractivity contribution in [3.63, 3.8) is 0 Å². The highest BCUT2D eigenvalue weighted by molar-refractivity contribution is 7.80. The van der Waals surface area contributed by atoms with E-state index in [1.807, 2.05) is 24.3 Å². The van der Waals surface area contributed by atoms with E-state index in [4.69, 9.17) is 28.9 Å².